The van der Waals surface area contributed by atoms with Crippen molar-refractivity contribution < 1.29 is 9.84 Å². The van der Waals surface area contributed by atoms with Crippen LogP contribution >= 0.6 is 0 Å². The lowest BCUT2D eigenvalue weighted by atomic mass is 10.0. The van der Waals surface area contributed by atoms with Crippen LogP contribution < -0.4 is 0 Å². The predicted octanol–water partition coefficient (Wildman–Crippen LogP) is 2.38. The van der Waals surface area contributed by atoms with Crippen molar-refractivity contribution in [3.05, 3.63) is 11.6 Å². The molecule has 0 aromatic carbocycles. The second-order valence-electron chi connectivity index (χ2n) is 3.67. The van der Waals surface area contributed by atoms with E-state index in [0.717, 1.165) is 25.0 Å². The largest absolute Gasteiger partial charge is 0.392 e. The van der Waals surface area contributed by atoms with Crippen LogP contribution in [0.4, 0.5) is 0 Å². The molecule has 1 atom stereocenters. The molecule has 0 spiro atoms. The molecule has 0 amide bonds. The van der Waals surface area contributed by atoms with Crippen molar-refractivity contribution in [1.29, 1.82) is 0 Å². The second kappa shape index (κ2) is 8.27. The highest BCUT2D eigenvalue weighted by Gasteiger charge is 1.99. The summed E-state index contributed by atoms with van der Waals surface area (Å²) in [5.41, 5.74) is 1.07. The van der Waals surface area contributed by atoms with E-state index in [4.69, 9.17) is 9.84 Å². The van der Waals surface area contributed by atoms with E-state index >= 15 is 0 Å². The van der Waals surface area contributed by atoms with Gasteiger partial charge in [-0.1, -0.05) is 18.6 Å². The van der Waals surface area contributed by atoms with E-state index in [0.29, 0.717) is 5.92 Å². The molecular weight excluding hydrogens is 164 g/mol. The summed E-state index contributed by atoms with van der Waals surface area (Å²) in [7, 11) is 1.74. The van der Waals surface area contributed by atoms with Crippen molar-refractivity contribution >= 4 is 0 Å². The third-order valence-electron chi connectivity index (χ3n) is 2.22. The molecule has 0 rings (SSSR count). The Morgan fingerprint density at radius 1 is 1.46 bits per heavy atom. The summed E-state index contributed by atoms with van der Waals surface area (Å²) in [6.45, 7) is 5.23. The first-order valence-corrected chi connectivity index (χ1v) is 4.96. The smallest absolute Gasteiger partial charge is 0.0639 e. The van der Waals surface area contributed by atoms with Crippen LogP contribution in [0.1, 0.15) is 33.1 Å². The molecule has 0 radical (unpaired) electrons. The molecule has 0 aliphatic heterocycles. The summed E-state index contributed by atoms with van der Waals surface area (Å²) in [6, 6.07) is 0. The van der Waals surface area contributed by atoms with Crippen molar-refractivity contribution in [1.82, 2.24) is 0 Å². The van der Waals surface area contributed by atoms with Gasteiger partial charge in [0, 0.05) is 13.7 Å². The zero-order valence-corrected chi connectivity index (χ0v) is 9.05. The van der Waals surface area contributed by atoms with Gasteiger partial charge in [0.15, 0.2) is 0 Å². The number of aliphatic hydroxyl groups is 1. The normalized spacial score (nSPS) is 14.6. The minimum atomic E-state index is 0.187. The Balaban J connectivity index is 3.41. The molecule has 0 aromatic rings. The van der Waals surface area contributed by atoms with Crippen molar-refractivity contribution in [3.8, 4) is 0 Å². The maximum absolute atomic E-state index is 8.75. The Labute approximate surface area is 81.6 Å². The van der Waals surface area contributed by atoms with Crippen LogP contribution in [0, 0.1) is 5.92 Å². The Hall–Kier alpha value is -0.340. The van der Waals surface area contributed by atoms with Gasteiger partial charge in [0.05, 0.1) is 6.61 Å². The summed E-state index contributed by atoms with van der Waals surface area (Å²) < 4.78 is 5.01. The topological polar surface area (TPSA) is 29.5 Å². The SMILES string of the molecule is COCCC(C)CC/C=C(\C)CO. The number of methoxy groups -OCH3 is 1. The van der Waals surface area contributed by atoms with E-state index in [2.05, 4.69) is 13.0 Å². The molecule has 78 valence electrons. The first-order chi connectivity index (χ1) is 6.20. The lowest BCUT2D eigenvalue weighted by molar-refractivity contribution is 0.178. The highest BCUT2D eigenvalue weighted by atomic mass is 16.5. The lowest BCUT2D eigenvalue weighted by Gasteiger charge is -2.08. The average molecular weight is 186 g/mol. The molecular formula is C11H22O2. The van der Waals surface area contributed by atoms with Crippen LogP contribution in [0.2, 0.25) is 0 Å². The summed E-state index contributed by atoms with van der Waals surface area (Å²) in [6.07, 6.45) is 5.49. The van der Waals surface area contributed by atoms with E-state index in [1.165, 1.54) is 6.42 Å². The number of hydrogen-bond acceptors (Lipinski definition) is 2. The third-order valence-corrected chi connectivity index (χ3v) is 2.22. The average Bonchev–Trinajstić information content (AvgIpc) is 2.14. The monoisotopic (exact) mass is 186 g/mol. The van der Waals surface area contributed by atoms with Gasteiger partial charge in [-0.15, -0.1) is 0 Å². The van der Waals surface area contributed by atoms with Gasteiger partial charge < -0.3 is 9.84 Å². The minimum absolute atomic E-state index is 0.187. The fraction of sp³-hybridized carbons (Fsp3) is 0.818. The first-order valence-electron chi connectivity index (χ1n) is 4.96. The quantitative estimate of drug-likeness (QED) is 0.619. The van der Waals surface area contributed by atoms with E-state index < -0.39 is 0 Å². The van der Waals surface area contributed by atoms with Crippen molar-refractivity contribution in [2.45, 2.75) is 33.1 Å². The molecule has 0 saturated heterocycles. The van der Waals surface area contributed by atoms with Gasteiger partial charge >= 0.3 is 0 Å². The zero-order valence-electron chi connectivity index (χ0n) is 9.05. The highest BCUT2D eigenvalue weighted by molar-refractivity contribution is 4.97. The molecule has 0 heterocycles. The van der Waals surface area contributed by atoms with Crippen LogP contribution in [-0.4, -0.2) is 25.4 Å². The summed E-state index contributed by atoms with van der Waals surface area (Å²) >= 11 is 0. The molecule has 2 nitrogen and oxygen atoms in total. The molecule has 0 aromatic heterocycles. The Kier molecular flexibility index (Phi) is 8.05. The molecule has 0 aliphatic rings. The van der Waals surface area contributed by atoms with Crippen LogP contribution in [0.5, 0.6) is 0 Å². The predicted molar refractivity (Wildman–Crippen MR) is 55.7 cm³/mol. The zero-order chi connectivity index (χ0) is 10.1. The fourth-order valence-corrected chi connectivity index (χ4v) is 1.14. The first kappa shape index (κ1) is 12.7. The van der Waals surface area contributed by atoms with E-state index in [9.17, 15) is 0 Å². The molecule has 2 heteroatoms. The van der Waals surface area contributed by atoms with Gasteiger partial charge in [-0.3, -0.25) is 0 Å². The Bertz CT molecular complexity index is 141. The standard InChI is InChI=1S/C11H22O2/c1-10(7-8-13-3)5-4-6-11(2)9-12/h6,10,12H,4-5,7-9H2,1-3H3/b11-6+. The van der Waals surface area contributed by atoms with Crippen molar-refractivity contribution in [2.24, 2.45) is 5.92 Å². The maximum atomic E-state index is 8.75. The van der Waals surface area contributed by atoms with Crippen molar-refractivity contribution in [2.75, 3.05) is 20.3 Å². The molecule has 0 aliphatic carbocycles. The minimum Gasteiger partial charge on any atom is -0.392 e. The Morgan fingerprint density at radius 2 is 2.15 bits per heavy atom. The summed E-state index contributed by atoms with van der Waals surface area (Å²) in [5, 5.41) is 8.75. The van der Waals surface area contributed by atoms with E-state index in [1.807, 2.05) is 6.92 Å². The number of ether oxygens (including phenoxy) is 1. The van der Waals surface area contributed by atoms with Gasteiger partial charge in [-0.2, -0.15) is 0 Å². The third kappa shape index (κ3) is 8.00. The van der Waals surface area contributed by atoms with Gasteiger partial charge in [0.25, 0.3) is 0 Å². The number of allylic oxidation sites excluding steroid dienone is 1. The number of hydrogen-bond donors (Lipinski definition) is 1. The molecule has 1 N–H and O–H groups in total. The molecule has 0 bridgehead atoms. The molecule has 0 fully saturated rings. The van der Waals surface area contributed by atoms with Crippen LogP contribution in [0.25, 0.3) is 0 Å². The van der Waals surface area contributed by atoms with Gasteiger partial charge in [0.2, 0.25) is 0 Å². The highest BCUT2D eigenvalue weighted by Crippen LogP contribution is 2.11. The lowest BCUT2D eigenvalue weighted by Crippen LogP contribution is -1.99. The molecule has 1 unspecified atom stereocenters. The molecule has 13 heavy (non-hydrogen) atoms. The fourth-order valence-electron chi connectivity index (χ4n) is 1.14. The van der Waals surface area contributed by atoms with Gasteiger partial charge in [0.1, 0.15) is 0 Å². The van der Waals surface area contributed by atoms with Gasteiger partial charge in [-0.25, -0.2) is 0 Å². The van der Waals surface area contributed by atoms with Gasteiger partial charge in [-0.05, 0) is 32.1 Å². The summed E-state index contributed by atoms with van der Waals surface area (Å²) in [5.74, 6) is 0.711. The molecule has 0 saturated carbocycles. The second-order valence-corrected chi connectivity index (χ2v) is 3.67. The maximum Gasteiger partial charge on any atom is 0.0639 e. The number of rotatable bonds is 7. The van der Waals surface area contributed by atoms with E-state index in [1.54, 1.807) is 7.11 Å². The van der Waals surface area contributed by atoms with Crippen LogP contribution in [-0.2, 0) is 4.74 Å². The van der Waals surface area contributed by atoms with Crippen molar-refractivity contribution in [3.63, 3.8) is 0 Å². The van der Waals surface area contributed by atoms with Crippen LogP contribution in [0.15, 0.2) is 11.6 Å². The number of aliphatic hydroxyl groups excluding tert-OH is 1. The van der Waals surface area contributed by atoms with Crippen LogP contribution in [0.3, 0.4) is 0 Å². The Morgan fingerprint density at radius 3 is 2.69 bits per heavy atom. The van der Waals surface area contributed by atoms with E-state index in [-0.39, 0.29) is 6.61 Å². The summed E-state index contributed by atoms with van der Waals surface area (Å²) in [4.78, 5) is 0.